The van der Waals surface area contributed by atoms with Gasteiger partial charge < -0.3 is 25.4 Å². The lowest BCUT2D eigenvalue weighted by Gasteiger charge is -2.34. The van der Waals surface area contributed by atoms with Gasteiger partial charge in [-0.05, 0) is 56.2 Å². The molecule has 2 heterocycles. The largest absolute Gasteiger partial charge is 0.487 e. The summed E-state index contributed by atoms with van der Waals surface area (Å²) in [7, 11) is 0. The van der Waals surface area contributed by atoms with Crippen LogP contribution >= 0.6 is 0 Å². The van der Waals surface area contributed by atoms with Crippen LogP contribution < -0.4 is 15.4 Å². The molecule has 10 heteroatoms. The number of alkyl halides is 3. The number of anilines is 2. The molecule has 0 bridgehead atoms. The van der Waals surface area contributed by atoms with Gasteiger partial charge in [-0.3, -0.25) is 4.79 Å². The predicted octanol–water partition coefficient (Wildman–Crippen LogP) is 5.02. The molecule has 0 aromatic heterocycles. The van der Waals surface area contributed by atoms with Crippen molar-refractivity contribution in [1.82, 2.24) is 4.90 Å². The second-order valence-corrected chi connectivity index (χ2v) is 9.37. The highest BCUT2D eigenvalue weighted by atomic mass is 19.4. The van der Waals surface area contributed by atoms with Gasteiger partial charge in [0.15, 0.2) is 0 Å². The Balaban J connectivity index is 1.56. The van der Waals surface area contributed by atoms with Crippen LogP contribution in [-0.4, -0.2) is 40.2 Å². The maximum atomic E-state index is 13.1. The third kappa shape index (κ3) is 5.27. The van der Waals surface area contributed by atoms with Gasteiger partial charge in [0.05, 0.1) is 18.2 Å². The molecule has 2 aliphatic heterocycles. The predicted molar refractivity (Wildman–Crippen MR) is 125 cm³/mol. The van der Waals surface area contributed by atoms with E-state index in [9.17, 15) is 27.9 Å². The van der Waals surface area contributed by atoms with E-state index in [1.165, 1.54) is 17.0 Å². The molecule has 3 amide bonds. The number of amides is 3. The number of nitrogens with one attached hydrogen (secondary N) is 2. The first-order valence-corrected chi connectivity index (χ1v) is 11.1. The van der Waals surface area contributed by atoms with Gasteiger partial charge >= 0.3 is 12.2 Å². The molecule has 0 unspecified atom stereocenters. The minimum absolute atomic E-state index is 0.0771. The fourth-order valence-electron chi connectivity index (χ4n) is 4.21. The van der Waals surface area contributed by atoms with Crippen molar-refractivity contribution < 1.29 is 32.6 Å². The van der Waals surface area contributed by atoms with E-state index in [4.69, 9.17) is 4.74 Å². The Kier molecular flexibility index (Phi) is 6.27. The topological polar surface area (TPSA) is 90.9 Å². The molecule has 0 saturated carbocycles. The van der Waals surface area contributed by atoms with Crippen LogP contribution in [0.3, 0.4) is 0 Å². The summed E-state index contributed by atoms with van der Waals surface area (Å²) < 4.78 is 45.2. The molecule has 186 valence electrons. The number of urea groups is 1. The van der Waals surface area contributed by atoms with Gasteiger partial charge in [0, 0.05) is 36.0 Å². The third-order valence-electron chi connectivity index (χ3n) is 5.98. The van der Waals surface area contributed by atoms with E-state index < -0.39 is 23.2 Å². The van der Waals surface area contributed by atoms with Gasteiger partial charge in [-0.15, -0.1) is 0 Å². The first kappa shape index (κ1) is 24.6. The molecule has 35 heavy (non-hydrogen) atoms. The summed E-state index contributed by atoms with van der Waals surface area (Å²) in [4.78, 5) is 26.7. The fraction of sp³-hybridized carbons (Fsp3) is 0.360. The van der Waals surface area contributed by atoms with E-state index in [1.807, 2.05) is 0 Å². The smallest absolute Gasteiger partial charge is 0.416 e. The van der Waals surface area contributed by atoms with Crippen molar-refractivity contribution in [3.05, 3.63) is 59.2 Å². The van der Waals surface area contributed by atoms with Gasteiger partial charge in [-0.1, -0.05) is 12.1 Å². The van der Waals surface area contributed by atoms with E-state index >= 15 is 0 Å². The molecule has 0 fully saturated rings. The molecule has 0 aliphatic carbocycles. The highest BCUT2D eigenvalue weighted by molar-refractivity contribution is 6.05. The minimum Gasteiger partial charge on any atom is -0.487 e. The average molecular weight is 489 g/mol. The van der Waals surface area contributed by atoms with Crippen LogP contribution in [-0.2, 0) is 17.5 Å². The molecule has 0 saturated heterocycles. The number of carbonyl (C=O) groups is 2. The first-order valence-electron chi connectivity index (χ1n) is 11.1. The maximum Gasteiger partial charge on any atom is 0.416 e. The summed E-state index contributed by atoms with van der Waals surface area (Å²) in [6, 6.07) is 7.68. The summed E-state index contributed by atoms with van der Waals surface area (Å²) in [5, 5.41) is 14.9. The normalized spacial score (nSPS) is 18.8. The van der Waals surface area contributed by atoms with Crippen molar-refractivity contribution in [1.29, 1.82) is 0 Å². The quantitative estimate of drug-likeness (QED) is 0.527. The van der Waals surface area contributed by atoms with E-state index in [1.54, 1.807) is 39.0 Å². The van der Waals surface area contributed by atoms with Gasteiger partial charge in [-0.2, -0.15) is 13.2 Å². The first-order chi connectivity index (χ1) is 16.4. The fourth-order valence-corrected chi connectivity index (χ4v) is 4.21. The Morgan fingerprint density at radius 1 is 1.29 bits per heavy atom. The lowest BCUT2D eigenvalue weighted by molar-refractivity contribution is -0.137. The summed E-state index contributed by atoms with van der Waals surface area (Å²) in [5.74, 6) is -0.380. The van der Waals surface area contributed by atoms with Gasteiger partial charge in [0.1, 0.15) is 11.4 Å². The average Bonchev–Trinajstić information content (AvgIpc) is 2.76. The summed E-state index contributed by atoms with van der Waals surface area (Å²) in [6.45, 7) is 5.40. The summed E-state index contributed by atoms with van der Waals surface area (Å²) >= 11 is 0. The maximum absolute atomic E-state index is 13.1. The molecule has 3 N–H and O–H groups in total. The second-order valence-electron chi connectivity index (χ2n) is 9.37. The molecule has 1 atom stereocenters. The van der Waals surface area contributed by atoms with Crippen molar-refractivity contribution in [2.45, 2.75) is 51.6 Å². The number of rotatable bonds is 4. The van der Waals surface area contributed by atoms with Gasteiger partial charge in [0.25, 0.3) is 0 Å². The zero-order valence-corrected chi connectivity index (χ0v) is 19.5. The number of aliphatic hydroxyl groups excluding tert-OH is 1. The number of fused-ring (bicyclic) bond motifs is 2. The van der Waals surface area contributed by atoms with Gasteiger partial charge in [-0.25, -0.2) is 4.79 Å². The van der Waals surface area contributed by atoms with Crippen LogP contribution in [0.1, 0.15) is 43.9 Å². The highest BCUT2D eigenvalue weighted by Crippen LogP contribution is 2.43. The Hall–Kier alpha value is -3.53. The lowest BCUT2D eigenvalue weighted by atomic mass is 9.88. The Labute approximate surface area is 200 Å². The van der Waals surface area contributed by atoms with Crippen LogP contribution in [0.15, 0.2) is 42.5 Å². The minimum atomic E-state index is -4.50. The van der Waals surface area contributed by atoms with Crippen LogP contribution in [0.2, 0.25) is 0 Å². The van der Waals surface area contributed by atoms with Crippen LogP contribution in [0, 0.1) is 0 Å². The molecule has 2 aliphatic rings. The summed E-state index contributed by atoms with van der Waals surface area (Å²) in [6.07, 6.45) is -2.81. The standard InChI is InChI=1S/C25H26F3N3O4/c1-14(13-32)31-12-15-4-6-18(10-20(15)30-23(31)34)29-22(33)8-16-11-24(2,3)35-21-9-17(25(26,27)28)5-7-19(16)21/h4-10,14,32H,11-13H2,1-3H3,(H,29,33)(H,30,34)/b16-8+/t14-/m1/s1. The van der Waals surface area contributed by atoms with Crippen molar-refractivity contribution in [3.8, 4) is 5.75 Å². The van der Waals surface area contributed by atoms with E-state index in [-0.39, 0.29) is 24.4 Å². The molecule has 2 aromatic carbocycles. The lowest BCUT2D eigenvalue weighted by Crippen LogP contribution is -2.45. The van der Waals surface area contributed by atoms with E-state index in [2.05, 4.69) is 10.6 Å². The SMILES string of the molecule is C[C@H](CO)N1Cc2ccc(NC(=O)/C=C3\CC(C)(C)Oc4cc(C(F)(F)F)ccc43)cc2NC1=O. The van der Waals surface area contributed by atoms with E-state index in [0.29, 0.717) is 35.5 Å². The van der Waals surface area contributed by atoms with Crippen molar-refractivity contribution in [2.75, 3.05) is 17.2 Å². The third-order valence-corrected chi connectivity index (χ3v) is 5.98. The number of nitrogens with zero attached hydrogens (tertiary/aromatic N) is 1. The van der Waals surface area contributed by atoms with Crippen molar-refractivity contribution in [2.24, 2.45) is 0 Å². The van der Waals surface area contributed by atoms with Crippen molar-refractivity contribution in [3.63, 3.8) is 0 Å². The van der Waals surface area contributed by atoms with Gasteiger partial charge in [0.2, 0.25) is 5.91 Å². The number of hydrogen-bond acceptors (Lipinski definition) is 4. The second kappa shape index (κ2) is 8.92. The monoisotopic (exact) mass is 489 g/mol. The Bertz CT molecular complexity index is 1210. The van der Waals surface area contributed by atoms with Crippen LogP contribution in [0.5, 0.6) is 5.75 Å². The number of carbonyl (C=O) groups excluding carboxylic acids is 2. The molecular formula is C25H26F3N3O4. The molecular weight excluding hydrogens is 463 g/mol. The number of ether oxygens (including phenoxy) is 1. The molecule has 0 radical (unpaired) electrons. The highest BCUT2D eigenvalue weighted by Gasteiger charge is 2.35. The molecule has 2 aromatic rings. The van der Waals surface area contributed by atoms with E-state index in [0.717, 1.165) is 17.7 Å². The Morgan fingerprint density at radius 2 is 2.03 bits per heavy atom. The summed E-state index contributed by atoms with van der Waals surface area (Å²) in [5.41, 5.74) is 1.22. The number of benzene rings is 2. The molecule has 4 rings (SSSR count). The zero-order chi connectivity index (χ0) is 25.5. The van der Waals surface area contributed by atoms with Crippen molar-refractivity contribution >= 4 is 28.9 Å². The Morgan fingerprint density at radius 3 is 2.71 bits per heavy atom. The van der Waals surface area contributed by atoms with Crippen LogP contribution in [0.25, 0.3) is 5.57 Å². The number of hydrogen-bond donors (Lipinski definition) is 3. The molecule has 0 spiro atoms. The van der Waals surface area contributed by atoms with Crippen LogP contribution in [0.4, 0.5) is 29.3 Å². The zero-order valence-electron chi connectivity index (χ0n) is 19.5. The number of halogens is 3. The number of aliphatic hydroxyl groups is 1. The molecule has 7 nitrogen and oxygen atoms in total.